The van der Waals surface area contributed by atoms with E-state index in [0.717, 1.165) is 99.9 Å². The number of benzene rings is 9. The first kappa shape index (κ1) is 53.1. The van der Waals surface area contributed by atoms with Crippen LogP contribution < -0.4 is 14.5 Å². The Morgan fingerprint density at radius 1 is 0.506 bits per heavy atom. The van der Waals surface area contributed by atoms with Gasteiger partial charge in [-0.05, 0) is 119 Å². The van der Waals surface area contributed by atoms with E-state index < -0.39 is 18.1 Å². The molecule has 0 fully saturated rings. The quantitative estimate of drug-likeness (QED) is 0.142. The van der Waals surface area contributed by atoms with Gasteiger partial charge in [0.25, 0.3) is 0 Å². The smallest absolute Gasteiger partial charge is 0.135 e. The van der Waals surface area contributed by atoms with Crippen LogP contribution in [0.2, 0.25) is 0 Å². The van der Waals surface area contributed by atoms with E-state index in [2.05, 4.69) is 240 Å². The van der Waals surface area contributed by atoms with Gasteiger partial charge >= 0.3 is 0 Å². The molecule has 0 spiro atoms. The molecule has 12 aromatic rings. The van der Waals surface area contributed by atoms with Gasteiger partial charge in [-0.2, -0.15) is 6.07 Å². The van der Waals surface area contributed by atoms with Gasteiger partial charge in [-0.3, -0.25) is 0 Å². The second-order valence-corrected chi connectivity index (χ2v) is 28.3. The number of hydrogen-bond donors (Lipinski definition) is 0. The molecule has 87 heavy (non-hydrogen) atoms. The zero-order valence-corrected chi connectivity index (χ0v) is 54.8. The number of ether oxygens (including phenoxy) is 1. The third-order valence-electron chi connectivity index (χ3n) is 16.9. The molecule has 0 bridgehead atoms. The topological polar surface area (TPSA) is 46.7 Å². The van der Waals surface area contributed by atoms with Gasteiger partial charge in [-0.25, -0.2) is 4.98 Å². The minimum absolute atomic E-state index is 0. The molecule has 6 nitrogen and oxygen atoms in total. The first-order chi connectivity index (χ1) is 42.9. The Hall–Kier alpha value is -8.18. The van der Waals surface area contributed by atoms with Crippen LogP contribution in [0.15, 0.2) is 192 Å². The minimum Gasteiger partial charge on any atom is -0.509 e. The Labute approximate surface area is 536 Å². The first-order valence-electron chi connectivity index (χ1n) is 32.4. The van der Waals surface area contributed by atoms with Crippen LogP contribution in [0, 0.1) is 18.8 Å². The monoisotopic (exact) mass is 1330 g/mol. The van der Waals surface area contributed by atoms with Crippen LogP contribution in [0.4, 0.5) is 22.7 Å². The summed E-state index contributed by atoms with van der Waals surface area (Å²) in [5.41, 5.74) is 15.4. The maximum Gasteiger partial charge on any atom is 0.135 e. The van der Waals surface area contributed by atoms with Crippen molar-refractivity contribution in [2.75, 3.05) is 9.80 Å². The van der Waals surface area contributed by atoms with Gasteiger partial charge in [0.2, 0.25) is 0 Å². The Morgan fingerprint density at radius 2 is 1.11 bits per heavy atom. The van der Waals surface area contributed by atoms with Gasteiger partial charge in [0.1, 0.15) is 17.0 Å². The van der Waals surface area contributed by atoms with Crippen molar-refractivity contribution in [3.05, 3.63) is 235 Å². The number of furan rings is 1. The van der Waals surface area contributed by atoms with E-state index in [0.29, 0.717) is 28.4 Å². The predicted molar refractivity (Wildman–Crippen MR) is 361 cm³/mol. The fourth-order valence-electron chi connectivity index (χ4n) is 12.3. The predicted octanol–water partition coefficient (Wildman–Crippen LogP) is 22.4. The molecular weight excluding hydrogens is 1240 g/mol. The average molecular weight is 1330 g/mol. The van der Waals surface area contributed by atoms with Crippen molar-refractivity contribution in [1.82, 2.24) is 9.55 Å². The molecule has 13 rings (SSSR count). The normalized spacial score (nSPS) is 14.1. The third kappa shape index (κ3) is 10.8. The maximum atomic E-state index is 9.48. The average Bonchev–Trinajstić information content (AvgIpc) is 1.52. The largest absolute Gasteiger partial charge is 0.509 e. The molecule has 3 aromatic heterocycles. The van der Waals surface area contributed by atoms with E-state index in [9.17, 15) is 2.74 Å². The molecule has 0 amide bonds. The van der Waals surface area contributed by atoms with Crippen molar-refractivity contribution < 1.29 is 37.1 Å². The minimum atomic E-state index is -0.448. The third-order valence-corrected chi connectivity index (χ3v) is 16.9. The number of anilines is 4. The summed E-state index contributed by atoms with van der Waals surface area (Å²) in [4.78, 5) is 9.29. The Morgan fingerprint density at radius 3 is 1.77 bits per heavy atom. The van der Waals surface area contributed by atoms with Crippen LogP contribution in [0.3, 0.4) is 0 Å². The Bertz CT molecular complexity index is 4860. The summed E-state index contributed by atoms with van der Waals surface area (Å²) in [7, 11) is 0. The summed E-state index contributed by atoms with van der Waals surface area (Å²) in [6.07, 6.45) is 1.88. The number of pyridine rings is 1. The van der Waals surface area contributed by atoms with Crippen molar-refractivity contribution in [2.24, 2.45) is 0 Å². The van der Waals surface area contributed by atoms with E-state index >= 15 is 0 Å². The van der Waals surface area contributed by atoms with Crippen molar-refractivity contribution in [3.8, 4) is 50.7 Å². The number of rotatable bonds is 8. The van der Waals surface area contributed by atoms with E-state index in [1.807, 2.05) is 54.7 Å². The number of hydrogen-bond acceptors (Lipinski definition) is 5. The summed E-state index contributed by atoms with van der Waals surface area (Å²) >= 11 is 0. The van der Waals surface area contributed by atoms with Crippen LogP contribution in [0.5, 0.6) is 11.5 Å². The van der Waals surface area contributed by atoms with E-state index in [1.54, 1.807) is 0 Å². The summed E-state index contributed by atoms with van der Waals surface area (Å²) in [5, 5.41) is 3.97. The van der Waals surface area contributed by atoms with Crippen LogP contribution in [0.1, 0.15) is 139 Å². The van der Waals surface area contributed by atoms with Crippen molar-refractivity contribution in [3.63, 3.8) is 0 Å². The molecule has 1 aliphatic heterocycles. The van der Waals surface area contributed by atoms with Crippen LogP contribution in [-0.2, 0) is 48.1 Å². The number of para-hydroxylation sites is 4. The SMILES string of the molecule is [2H]c1c([2H])c([2H])c(-c2cccc(-c3cc(C(C)(C)C)cc(C(C)(C)C)c3)c2N2[CH-]N(c3[c-]c(Oc4[c-]c5c(cc4)c4c6oc7ccccc7c6ccc4n5-c4cc(C(C)(C)C)ccn4)cc(-c4c(C(C)(C)C)cccc4C(C)(C)C)c3)c3ccccc32)c([2H])c1[2H].[Pt]. The van der Waals surface area contributed by atoms with Crippen LogP contribution in [-0.4, -0.2) is 9.55 Å². The van der Waals surface area contributed by atoms with Crippen molar-refractivity contribution in [2.45, 2.75) is 131 Å². The fourth-order valence-corrected chi connectivity index (χ4v) is 12.3. The molecule has 0 aliphatic carbocycles. The molecule has 9 aromatic carbocycles. The summed E-state index contributed by atoms with van der Waals surface area (Å²) < 4.78 is 61.8. The van der Waals surface area contributed by atoms with E-state index in [1.165, 1.54) is 11.1 Å². The van der Waals surface area contributed by atoms with Gasteiger partial charge in [-0.15, -0.1) is 48.3 Å². The second kappa shape index (κ2) is 21.6. The van der Waals surface area contributed by atoms with Gasteiger partial charge in [0, 0.05) is 83.2 Å². The first-order valence-corrected chi connectivity index (χ1v) is 29.9. The Balaban J connectivity index is 0.00000816. The van der Waals surface area contributed by atoms with Gasteiger partial charge in [0.05, 0.1) is 6.85 Å². The van der Waals surface area contributed by atoms with Gasteiger partial charge in [-0.1, -0.05) is 230 Å². The summed E-state index contributed by atoms with van der Waals surface area (Å²) in [5.74, 6) is 1.68. The number of aromatic nitrogens is 2. The van der Waals surface area contributed by atoms with Gasteiger partial charge in [0.15, 0.2) is 0 Å². The molecule has 442 valence electrons. The number of nitrogens with zero attached hydrogens (tertiary/aromatic N) is 4. The van der Waals surface area contributed by atoms with Crippen molar-refractivity contribution in [1.29, 1.82) is 0 Å². The molecule has 0 saturated carbocycles. The molecule has 1 aliphatic rings. The molecule has 0 saturated heterocycles. The number of fused-ring (bicyclic) bond motifs is 8. The van der Waals surface area contributed by atoms with E-state index in [-0.39, 0.29) is 65.8 Å². The fraction of sp³-hybridized carbons (Fsp3) is 0.250. The molecule has 0 radical (unpaired) electrons. The van der Waals surface area contributed by atoms with Crippen LogP contribution in [0.25, 0.3) is 82.9 Å². The zero-order valence-electron chi connectivity index (χ0n) is 57.5. The van der Waals surface area contributed by atoms with Gasteiger partial charge < -0.3 is 23.5 Å². The van der Waals surface area contributed by atoms with Crippen LogP contribution >= 0.6 is 0 Å². The summed E-state index contributed by atoms with van der Waals surface area (Å²) in [6, 6.07) is 58.4. The molecular formula is C80H77N4O2Pt-3. The summed E-state index contributed by atoms with van der Waals surface area (Å²) in [6.45, 7) is 35.6. The van der Waals surface area contributed by atoms with Crippen molar-refractivity contribution >= 4 is 66.5 Å². The second-order valence-electron chi connectivity index (χ2n) is 28.3. The molecule has 0 unspecified atom stereocenters. The molecule has 0 atom stereocenters. The molecule has 0 N–H and O–H groups in total. The standard InChI is InChI=1S/C80H77N4O2.Pt/c1-76(2,3)53-39-40-81-71(46-53)84-68-38-37-62-61-27-19-22-34-70(61)86-75(62)73(68)63-36-35-57(48-69(63)84)85-58-44-52(72-64(79(10,11)12)30-24-31-65(72)80(13,14)15)43-56(47-58)82-49-83(67-33-21-20-32-66(67)82)74-59(50-25-17-16-18-26-50)28-23-29-60(74)51-41-54(77(4,5)6)45-55(42-51)78(7,8)9;/h16-46,49H,1-15H3;/q-3;/i16D,17D,18D,25D,26D;. The van der Waals surface area contributed by atoms with E-state index in [4.69, 9.17) is 18.3 Å². The Kier molecular flexibility index (Phi) is 13.2. The molecule has 7 heteroatoms. The molecule has 4 heterocycles. The zero-order chi connectivity index (χ0) is 64.8. The maximum absolute atomic E-state index is 9.48.